The van der Waals surface area contributed by atoms with Crippen molar-refractivity contribution >= 4 is 5.96 Å². The molecule has 4 nitrogen and oxygen atoms in total. The number of hydrogen-bond acceptors (Lipinski definition) is 3. The molecule has 1 aliphatic heterocycles. The summed E-state index contributed by atoms with van der Waals surface area (Å²) >= 11 is 0. The van der Waals surface area contributed by atoms with Gasteiger partial charge in [-0.1, -0.05) is 0 Å². The maximum atomic E-state index is 5.11. The van der Waals surface area contributed by atoms with E-state index in [9.17, 15) is 0 Å². The lowest BCUT2D eigenvalue weighted by atomic mass is 10.5. The van der Waals surface area contributed by atoms with E-state index >= 15 is 0 Å². The molecule has 0 aromatic carbocycles. The summed E-state index contributed by atoms with van der Waals surface area (Å²) in [5.74, 6) is 1.32. The molecule has 0 N–H and O–H groups in total. The third-order valence-corrected chi connectivity index (χ3v) is 2.68. The maximum Gasteiger partial charge on any atom is 0.350 e. The molecule has 14 heavy (non-hydrogen) atoms. The molecule has 0 fully saturated rings. The molecule has 0 bridgehead atoms. The lowest BCUT2D eigenvalue weighted by molar-refractivity contribution is -0.491. The summed E-state index contributed by atoms with van der Waals surface area (Å²) in [5.41, 5.74) is 0. The summed E-state index contributed by atoms with van der Waals surface area (Å²) in [6, 6.07) is 0. The first-order chi connectivity index (χ1) is 6.70. The van der Waals surface area contributed by atoms with E-state index in [1.807, 2.05) is 0 Å². The van der Waals surface area contributed by atoms with Gasteiger partial charge in [0.1, 0.15) is 0 Å². The third-order valence-electron chi connectivity index (χ3n) is 2.68. The summed E-state index contributed by atoms with van der Waals surface area (Å²) < 4.78 is 7.42. The molecule has 0 amide bonds. The number of nitrogens with zero attached hydrogens (tertiary/aromatic N) is 3. The van der Waals surface area contributed by atoms with Crippen LogP contribution in [0.25, 0.3) is 0 Å². The van der Waals surface area contributed by atoms with Crippen molar-refractivity contribution in [3.8, 4) is 0 Å². The smallest absolute Gasteiger partial charge is 0.350 e. The van der Waals surface area contributed by atoms with Crippen LogP contribution in [0.4, 0.5) is 0 Å². The minimum atomic E-state index is 0.791. The van der Waals surface area contributed by atoms with Gasteiger partial charge in [0.2, 0.25) is 0 Å². The van der Waals surface area contributed by atoms with E-state index < -0.39 is 0 Å². The topological polar surface area (TPSA) is 18.7 Å². The average molecular weight is 200 g/mol. The van der Waals surface area contributed by atoms with Crippen LogP contribution in [-0.4, -0.2) is 74.3 Å². The molecule has 0 aromatic heterocycles. The monoisotopic (exact) mass is 200 g/mol. The molecule has 0 saturated carbocycles. The number of methoxy groups -OCH3 is 1. The van der Waals surface area contributed by atoms with Crippen molar-refractivity contribution < 1.29 is 9.31 Å². The lowest BCUT2D eigenvalue weighted by Crippen LogP contribution is -2.43. The molecule has 0 saturated heterocycles. The van der Waals surface area contributed by atoms with Crippen molar-refractivity contribution in [1.82, 2.24) is 9.80 Å². The first-order valence-corrected chi connectivity index (χ1v) is 5.23. The Bertz CT molecular complexity index is 215. The molecule has 0 unspecified atom stereocenters. The Balaban J connectivity index is 2.63. The lowest BCUT2D eigenvalue weighted by Gasteiger charge is -2.20. The van der Waals surface area contributed by atoms with Crippen LogP contribution in [0.3, 0.4) is 0 Å². The minimum absolute atomic E-state index is 0.791. The molecule has 0 aliphatic carbocycles. The molecular formula is C10H22N3O+. The van der Waals surface area contributed by atoms with Gasteiger partial charge in [-0.15, -0.1) is 0 Å². The molecule has 0 atom stereocenters. The Morgan fingerprint density at radius 2 is 2.29 bits per heavy atom. The van der Waals surface area contributed by atoms with Crippen LogP contribution >= 0.6 is 0 Å². The number of hydrogen-bond donors (Lipinski definition) is 0. The van der Waals surface area contributed by atoms with Crippen molar-refractivity contribution in [3.63, 3.8) is 0 Å². The highest BCUT2D eigenvalue weighted by Gasteiger charge is 2.29. The zero-order chi connectivity index (χ0) is 10.6. The van der Waals surface area contributed by atoms with Crippen LogP contribution in [0.1, 0.15) is 6.92 Å². The third kappa shape index (κ3) is 2.38. The Morgan fingerprint density at radius 1 is 1.57 bits per heavy atom. The largest absolute Gasteiger partial charge is 0.381 e. The van der Waals surface area contributed by atoms with Crippen molar-refractivity contribution in [2.45, 2.75) is 6.92 Å². The highest BCUT2D eigenvalue weighted by Crippen LogP contribution is 2.02. The zero-order valence-electron chi connectivity index (χ0n) is 9.79. The first-order valence-electron chi connectivity index (χ1n) is 5.23. The summed E-state index contributed by atoms with van der Waals surface area (Å²) in [6.07, 6.45) is 0. The number of ether oxygens (including phenoxy) is 1. The molecule has 4 heteroatoms. The summed E-state index contributed by atoms with van der Waals surface area (Å²) in [7, 11) is 6.04. The second kappa shape index (κ2) is 5.20. The van der Waals surface area contributed by atoms with Gasteiger partial charge in [0, 0.05) is 7.11 Å². The second-order valence-corrected chi connectivity index (χ2v) is 3.72. The minimum Gasteiger partial charge on any atom is -0.381 e. The summed E-state index contributed by atoms with van der Waals surface area (Å²) in [5, 5.41) is 0. The van der Waals surface area contributed by atoms with Gasteiger partial charge in [-0.25, -0.2) is 0 Å². The molecule has 1 heterocycles. The van der Waals surface area contributed by atoms with E-state index in [4.69, 9.17) is 4.74 Å². The van der Waals surface area contributed by atoms with Gasteiger partial charge in [-0.05, 0) is 6.92 Å². The second-order valence-electron chi connectivity index (χ2n) is 3.72. The normalized spacial score (nSPS) is 16.7. The van der Waals surface area contributed by atoms with E-state index in [-0.39, 0.29) is 0 Å². The van der Waals surface area contributed by atoms with Gasteiger partial charge in [0.05, 0.1) is 46.9 Å². The molecule has 1 aliphatic rings. The van der Waals surface area contributed by atoms with Crippen LogP contribution < -0.4 is 0 Å². The van der Waals surface area contributed by atoms with Gasteiger partial charge < -0.3 is 4.74 Å². The molecule has 82 valence electrons. The van der Waals surface area contributed by atoms with Crippen molar-refractivity contribution in [2.24, 2.45) is 0 Å². The Labute approximate surface area is 86.8 Å². The van der Waals surface area contributed by atoms with Crippen LogP contribution in [0.15, 0.2) is 0 Å². The van der Waals surface area contributed by atoms with Gasteiger partial charge in [-0.2, -0.15) is 0 Å². The Kier molecular flexibility index (Phi) is 4.20. The SMILES string of the molecule is CCN(CCOC)C1=[N+](C)CCN1C. The van der Waals surface area contributed by atoms with Crippen LogP contribution in [0.2, 0.25) is 0 Å². The quantitative estimate of drug-likeness (QED) is 0.591. The number of guanidine groups is 1. The maximum absolute atomic E-state index is 5.11. The molecule has 0 aromatic rings. The summed E-state index contributed by atoms with van der Waals surface area (Å²) in [6.45, 7) is 7.22. The Hall–Kier alpha value is -0.770. The molecule has 0 radical (unpaired) electrons. The van der Waals surface area contributed by atoms with E-state index in [0.717, 1.165) is 32.8 Å². The highest BCUT2D eigenvalue weighted by molar-refractivity contribution is 5.75. The van der Waals surface area contributed by atoms with Gasteiger partial charge >= 0.3 is 5.96 Å². The van der Waals surface area contributed by atoms with Gasteiger partial charge in [-0.3, -0.25) is 14.4 Å². The van der Waals surface area contributed by atoms with Crippen LogP contribution in [0, 0.1) is 0 Å². The standard InChI is InChI=1S/C10H22N3O/c1-5-13(8-9-14-4)10-11(2)6-7-12(10)3/h5-9H2,1-4H3/q+1. The molecule has 1 rings (SSSR count). The van der Waals surface area contributed by atoms with Crippen LogP contribution in [-0.2, 0) is 4.74 Å². The van der Waals surface area contributed by atoms with Crippen LogP contribution in [0.5, 0.6) is 0 Å². The fourth-order valence-corrected chi connectivity index (χ4v) is 1.88. The van der Waals surface area contributed by atoms with Crippen molar-refractivity contribution in [1.29, 1.82) is 0 Å². The van der Waals surface area contributed by atoms with Gasteiger partial charge in [0.25, 0.3) is 0 Å². The van der Waals surface area contributed by atoms with E-state index in [2.05, 4.69) is 35.4 Å². The predicted molar refractivity (Wildman–Crippen MR) is 57.8 cm³/mol. The average Bonchev–Trinajstić information content (AvgIpc) is 2.50. The van der Waals surface area contributed by atoms with E-state index in [1.165, 1.54) is 5.96 Å². The highest BCUT2D eigenvalue weighted by atomic mass is 16.5. The fraction of sp³-hybridized carbons (Fsp3) is 0.900. The van der Waals surface area contributed by atoms with E-state index in [0.29, 0.717) is 0 Å². The first kappa shape index (κ1) is 11.3. The number of rotatable bonds is 4. The molecular weight excluding hydrogens is 178 g/mol. The van der Waals surface area contributed by atoms with Crippen molar-refractivity contribution in [2.75, 3.05) is 54.0 Å². The summed E-state index contributed by atoms with van der Waals surface area (Å²) in [4.78, 5) is 4.66. The van der Waals surface area contributed by atoms with Crippen molar-refractivity contribution in [3.05, 3.63) is 0 Å². The Morgan fingerprint density at radius 3 is 2.71 bits per heavy atom. The zero-order valence-corrected chi connectivity index (χ0v) is 9.79. The van der Waals surface area contributed by atoms with Gasteiger partial charge in [0.15, 0.2) is 0 Å². The van der Waals surface area contributed by atoms with E-state index in [1.54, 1.807) is 7.11 Å². The number of likely N-dealkylation sites (N-methyl/N-ethyl adjacent to an activating group) is 3. The predicted octanol–water partition coefficient (Wildman–Crippen LogP) is -0.102. The fourth-order valence-electron chi connectivity index (χ4n) is 1.88. The molecule has 0 spiro atoms.